The van der Waals surface area contributed by atoms with E-state index in [0.717, 1.165) is 22.3 Å². The molecule has 0 saturated carbocycles. The summed E-state index contributed by atoms with van der Waals surface area (Å²) < 4.78 is 63.4. The van der Waals surface area contributed by atoms with Gasteiger partial charge < -0.3 is 28.4 Å². The van der Waals surface area contributed by atoms with Gasteiger partial charge in [-0.3, -0.25) is 46.9 Å². The molecule has 0 bridgehead atoms. The summed E-state index contributed by atoms with van der Waals surface area (Å²) in [6, 6.07) is 10.2. The van der Waals surface area contributed by atoms with Crippen molar-refractivity contribution in [2.24, 2.45) is 0 Å². The summed E-state index contributed by atoms with van der Waals surface area (Å²) >= 11 is 0. The molecule has 21 heteroatoms. The highest BCUT2D eigenvalue weighted by Gasteiger charge is 2.27. The van der Waals surface area contributed by atoms with Crippen LogP contribution in [0, 0.1) is 27.7 Å². The van der Waals surface area contributed by atoms with Crippen molar-refractivity contribution in [1.29, 1.82) is 0 Å². The summed E-state index contributed by atoms with van der Waals surface area (Å²) in [5, 5.41) is 0.137. The molecule has 2 atom stereocenters. The summed E-state index contributed by atoms with van der Waals surface area (Å²) in [5.41, 5.74) is 6.11. The number of nitrogens with zero attached hydrogens (tertiary/aromatic N) is 8. The molecule has 0 aliphatic carbocycles. The Kier molecular flexibility index (Phi) is 17.4. The molecule has 6 aromatic rings. The molecular formula is C47H58N8O11S2. The predicted molar refractivity (Wildman–Crippen MR) is 256 cm³/mol. The number of imidazole rings is 2. The molecule has 2 aromatic carbocycles. The van der Waals surface area contributed by atoms with E-state index in [0.29, 0.717) is 69.5 Å². The highest BCUT2D eigenvalue weighted by atomic mass is 32.2. The summed E-state index contributed by atoms with van der Waals surface area (Å²) in [5.74, 6) is 1.51. The molecule has 0 aliphatic rings. The fraction of sp³-hybridized carbons (Fsp3) is 0.426. The third-order valence-electron chi connectivity index (χ3n) is 11.5. The van der Waals surface area contributed by atoms with Crippen molar-refractivity contribution in [3.05, 3.63) is 82.4 Å². The van der Waals surface area contributed by atoms with Gasteiger partial charge in [0, 0.05) is 59.9 Å². The molecule has 68 heavy (non-hydrogen) atoms. The normalized spacial score (nSPS) is 12.4. The van der Waals surface area contributed by atoms with Gasteiger partial charge >= 0.3 is 6.16 Å². The molecule has 0 aliphatic heterocycles. The molecule has 2 unspecified atom stereocenters. The summed E-state index contributed by atoms with van der Waals surface area (Å²) in [4.78, 5) is 62.8. The summed E-state index contributed by atoms with van der Waals surface area (Å²) in [6.07, 6.45) is 2.40. The largest absolute Gasteiger partial charge is 0.508 e. The number of fused-ring (bicyclic) bond motifs is 2. The molecule has 4 heterocycles. The fourth-order valence-electron chi connectivity index (χ4n) is 7.70. The second-order valence-electron chi connectivity index (χ2n) is 15.7. The zero-order valence-corrected chi connectivity index (χ0v) is 41.7. The van der Waals surface area contributed by atoms with Crippen LogP contribution in [-0.4, -0.2) is 146 Å². The van der Waals surface area contributed by atoms with Crippen LogP contribution < -0.4 is 18.9 Å². The van der Waals surface area contributed by atoms with Crippen LogP contribution >= 0.6 is 0 Å². The van der Waals surface area contributed by atoms with Crippen LogP contribution in [0.15, 0.2) is 59.1 Å². The molecule has 6 rings (SSSR count). The van der Waals surface area contributed by atoms with Gasteiger partial charge in [0.15, 0.2) is 0 Å². The molecule has 364 valence electrons. The minimum atomic E-state index is -1.78. The smallest absolute Gasteiger partial charge is 0.497 e. The van der Waals surface area contributed by atoms with Gasteiger partial charge in [0.25, 0.3) is 0 Å². The van der Waals surface area contributed by atoms with E-state index in [9.17, 15) is 22.8 Å². The lowest BCUT2D eigenvalue weighted by Gasteiger charge is -2.21. The van der Waals surface area contributed by atoms with Crippen LogP contribution in [0.2, 0.25) is 0 Å². The standard InChI is InChI=1S/C47H58N8O11S2/c1-11-52(25-41(56)54-39-21-33(61-7)13-15-35(39)50-45(54)67(59)27-37-31(5)43(63-9)29(3)23-48-37)17-19-65-47(58)66-20-18-53(12-2)26-42(57)55-40-22-34(62-8)14-16-36(40)51-46(55)68(60)28-38-32(6)44(64-10)30(4)24-49-38/h13-16,21-24H,11-12,17-20,25-28H2,1-10H3. The second-order valence-corrected chi connectivity index (χ2v) is 18.4. The number of ether oxygens (including phenoxy) is 6. The zero-order chi connectivity index (χ0) is 49.2. The number of carbonyl (C=O) groups is 3. The minimum Gasteiger partial charge on any atom is -0.497 e. The molecule has 0 fully saturated rings. The van der Waals surface area contributed by atoms with Crippen molar-refractivity contribution >= 4 is 61.6 Å². The van der Waals surface area contributed by atoms with Gasteiger partial charge in [-0.2, -0.15) is 0 Å². The molecule has 0 saturated heterocycles. The van der Waals surface area contributed by atoms with Crippen LogP contribution in [0.4, 0.5) is 4.79 Å². The molecule has 0 N–H and O–H groups in total. The minimum absolute atomic E-state index is 0.0000730. The third-order valence-corrected chi connectivity index (χ3v) is 13.9. The van der Waals surface area contributed by atoms with Gasteiger partial charge in [0.1, 0.15) is 36.2 Å². The number of methoxy groups -OCH3 is 4. The van der Waals surface area contributed by atoms with E-state index in [4.69, 9.17) is 28.4 Å². The first kappa shape index (κ1) is 51.1. The van der Waals surface area contributed by atoms with Crippen LogP contribution in [-0.2, 0) is 42.6 Å². The Bertz CT molecular complexity index is 2680. The van der Waals surface area contributed by atoms with Gasteiger partial charge in [-0.25, -0.2) is 14.8 Å². The molecule has 0 spiro atoms. The monoisotopic (exact) mass is 974 g/mol. The van der Waals surface area contributed by atoms with Crippen LogP contribution in [0.1, 0.15) is 57.1 Å². The SMILES string of the molecule is CCN(CCOC(=O)OCCN(CC)CC(=O)n1c(S(=O)Cc2ncc(C)c(OC)c2C)nc2ccc(OC)cc21)CC(=O)n1c(S(=O)Cc2ncc(C)c(OC)c2C)nc2ccc(OC)cc21. The fourth-order valence-corrected chi connectivity index (χ4v) is 10.2. The Balaban J connectivity index is 1.06. The Morgan fingerprint density at radius 2 is 1.00 bits per heavy atom. The van der Waals surface area contributed by atoms with E-state index in [1.54, 1.807) is 72.8 Å². The van der Waals surface area contributed by atoms with E-state index < -0.39 is 39.6 Å². The number of aromatic nitrogens is 6. The van der Waals surface area contributed by atoms with E-state index in [1.807, 2.05) is 41.5 Å². The maximum Gasteiger partial charge on any atom is 0.508 e. The van der Waals surface area contributed by atoms with Crippen molar-refractivity contribution in [1.82, 2.24) is 38.9 Å². The quantitative estimate of drug-likeness (QED) is 0.0732. The highest BCUT2D eigenvalue weighted by Crippen LogP contribution is 2.30. The van der Waals surface area contributed by atoms with Gasteiger partial charge in [-0.15, -0.1) is 0 Å². The molecule has 4 aromatic heterocycles. The van der Waals surface area contributed by atoms with Crippen LogP contribution in [0.5, 0.6) is 23.0 Å². The number of benzene rings is 2. The Morgan fingerprint density at radius 1 is 0.603 bits per heavy atom. The number of hydrogen-bond acceptors (Lipinski definition) is 17. The number of likely N-dealkylation sites (N-methyl/N-ethyl adjacent to an activating group) is 2. The molecule has 0 radical (unpaired) electrons. The van der Waals surface area contributed by atoms with E-state index in [1.165, 1.54) is 23.4 Å². The lowest BCUT2D eigenvalue weighted by Crippen LogP contribution is -2.36. The van der Waals surface area contributed by atoms with Gasteiger partial charge in [0.05, 0.1) is 108 Å². The lowest BCUT2D eigenvalue weighted by molar-refractivity contribution is 0.0415. The van der Waals surface area contributed by atoms with Gasteiger partial charge in [-0.1, -0.05) is 13.8 Å². The van der Waals surface area contributed by atoms with Crippen molar-refractivity contribution in [3.8, 4) is 23.0 Å². The average molecular weight is 975 g/mol. The van der Waals surface area contributed by atoms with Crippen LogP contribution in [0.3, 0.4) is 0 Å². The van der Waals surface area contributed by atoms with Gasteiger partial charge in [0.2, 0.25) is 22.1 Å². The third kappa shape index (κ3) is 11.5. The Hall–Kier alpha value is -6.29. The van der Waals surface area contributed by atoms with Crippen molar-refractivity contribution in [2.75, 3.05) is 80.9 Å². The summed E-state index contributed by atoms with van der Waals surface area (Å²) in [6.45, 7) is 12.0. The maximum absolute atomic E-state index is 14.1. The number of aryl methyl sites for hydroxylation is 2. The zero-order valence-electron chi connectivity index (χ0n) is 40.1. The van der Waals surface area contributed by atoms with Crippen molar-refractivity contribution < 1.29 is 51.2 Å². The van der Waals surface area contributed by atoms with Crippen LogP contribution in [0.25, 0.3) is 22.1 Å². The predicted octanol–water partition coefficient (Wildman–Crippen LogP) is 5.84. The topological polar surface area (TPSA) is 209 Å². The Labute approximate surface area is 400 Å². The maximum atomic E-state index is 14.1. The number of hydrogen-bond donors (Lipinski definition) is 0. The molecular weight excluding hydrogens is 917 g/mol. The highest BCUT2D eigenvalue weighted by molar-refractivity contribution is 7.84. The summed E-state index contributed by atoms with van der Waals surface area (Å²) in [7, 11) is 2.60. The van der Waals surface area contributed by atoms with Crippen molar-refractivity contribution in [3.63, 3.8) is 0 Å². The van der Waals surface area contributed by atoms with Gasteiger partial charge in [-0.05, 0) is 65.0 Å². The molecule has 0 amide bonds. The first-order chi connectivity index (χ1) is 32.7. The van der Waals surface area contributed by atoms with E-state index in [-0.39, 0.29) is 61.2 Å². The van der Waals surface area contributed by atoms with E-state index in [2.05, 4.69) is 19.9 Å². The Morgan fingerprint density at radius 3 is 1.35 bits per heavy atom. The number of carbonyl (C=O) groups excluding carboxylic acids is 3. The number of pyridine rings is 2. The average Bonchev–Trinajstić information content (AvgIpc) is 3.92. The number of rotatable bonds is 22. The van der Waals surface area contributed by atoms with E-state index >= 15 is 0 Å². The first-order valence-corrected chi connectivity index (χ1v) is 24.5. The molecule has 19 nitrogen and oxygen atoms in total. The van der Waals surface area contributed by atoms with Crippen molar-refractivity contribution in [2.45, 2.75) is 63.4 Å². The lowest BCUT2D eigenvalue weighted by atomic mass is 10.1. The second kappa shape index (κ2) is 23.1. The first-order valence-electron chi connectivity index (χ1n) is 21.8.